The van der Waals surface area contributed by atoms with Crippen LogP contribution in [0.3, 0.4) is 0 Å². The highest BCUT2D eigenvalue weighted by molar-refractivity contribution is 6.39. The van der Waals surface area contributed by atoms with Gasteiger partial charge < -0.3 is 10.8 Å². The second kappa shape index (κ2) is 5.16. The fraction of sp³-hybridized carbons (Fsp3) is 0. The number of aromatic carboxylic acids is 1. The summed E-state index contributed by atoms with van der Waals surface area (Å²) in [7, 11) is 0. The summed E-state index contributed by atoms with van der Waals surface area (Å²) in [5, 5.41) is 8.13. The molecule has 3 N–H and O–H groups in total. The van der Waals surface area contributed by atoms with E-state index in [0.29, 0.717) is 6.07 Å². The number of hydrogen-bond donors (Lipinski definition) is 2. The molecule has 0 aromatic heterocycles. The van der Waals surface area contributed by atoms with Crippen LogP contribution < -0.4 is 5.73 Å². The molecule has 0 aliphatic heterocycles. The molecule has 17 heavy (non-hydrogen) atoms. The molecule has 0 radical (unpaired) electrons. The summed E-state index contributed by atoms with van der Waals surface area (Å²) in [5.74, 6) is -3.14. The Kier molecular flexibility index (Phi) is 4.09. The second-order valence-electron chi connectivity index (χ2n) is 2.99. The normalized spacial score (nSPS) is 10.8. The fourth-order valence-corrected chi connectivity index (χ4v) is 1.64. The van der Waals surface area contributed by atoms with Crippen molar-refractivity contribution in [3.63, 3.8) is 0 Å². The van der Waals surface area contributed by atoms with Crippen LogP contribution in [-0.4, -0.2) is 17.0 Å². The van der Waals surface area contributed by atoms with Crippen molar-refractivity contribution in [3.8, 4) is 0 Å². The monoisotopic (exact) mass is 277 g/mol. The lowest BCUT2D eigenvalue weighted by Gasteiger charge is -2.06. The number of rotatable bonds is 3. The van der Waals surface area contributed by atoms with Crippen LogP contribution in [0, 0.1) is 5.82 Å². The van der Waals surface area contributed by atoms with E-state index in [-0.39, 0.29) is 15.6 Å². The lowest BCUT2D eigenvalue weighted by Crippen LogP contribution is -2.06. The zero-order chi connectivity index (χ0) is 13.2. The van der Waals surface area contributed by atoms with Crippen LogP contribution in [0.25, 0.3) is 6.08 Å². The molecule has 0 unspecified atom stereocenters. The van der Waals surface area contributed by atoms with Crippen molar-refractivity contribution in [1.82, 2.24) is 0 Å². The molecule has 0 aliphatic rings. The lowest BCUT2D eigenvalue weighted by molar-refractivity contribution is -0.113. The van der Waals surface area contributed by atoms with Crippen molar-refractivity contribution < 1.29 is 19.1 Å². The van der Waals surface area contributed by atoms with Crippen LogP contribution in [0.4, 0.5) is 4.39 Å². The van der Waals surface area contributed by atoms with E-state index in [0.717, 1.165) is 12.2 Å². The van der Waals surface area contributed by atoms with Gasteiger partial charge in [0.1, 0.15) is 5.82 Å². The van der Waals surface area contributed by atoms with Gasteiger partial charge in [0, 0.05) is 11.6 Å². The topological polar surface area (TPSA) is 80.4 Å². The Morgan fingerprint density at radius 1 is 1.35 bits per heavy atom. The van der Waals surface area contributed by atoms with Gasteiger partial charge in [-0.3, -0.25) is 4.79 Å². The van der Waals surface area contributed by atoms with E-state index in [1.54, 1.807) is 0 Å². The van der Waals surface area contributed by atoms with E-state index in [4.69, 9.17) is 34.0 Å². The van der Waals surface area contributed by atoms with Gasteiger partial charge in [-0.15, -0.1) is 0 Å². The Morgan fingerprint density at radius 3 is 2.41 bits per heavy atom. The number of halogens is 3. The molecule has 0 spiro atoms. The zero-order valence-electron chi connectivity index (χ0n) is 8.21. The predicted molar refractivity (Wildman–Crippen MR) is 61.6 cm³/mol. The Bertz CT molecular complexity index is 529. The number of carboxylic acid groups (broad SMARTS) is 1. The average molecular weight is 278 g/mol. The fourth-order valence-electron chi connectivity index (χ4n) is 1.09. The number of carbonyl (C=O) groups excluding carboxylic acids is 1. The van der Waals surface area contributed by atoms with Gasteiger partial charge in [0.25, 0.3) is 0 Å². The molecule has 7 heteroatoms. The molecule has 0 saturated heterocycles. The maximum Gasteiger partial charge on any atom is 0.337 e. The van der Waals surface area contributed by atoms with Crippen LogP contribution >= 0.6 is 23.2 Å². The van der Waals surface area contributed by atoms with Crippen molar-refractivity contribution in [3.05, 3.63) is 39.1 Å². The highest BCUT2D eigenvalue weighted by atomic mass is 35.5. The summed E-state index contributed by atoms with van der Waals surface area (Å²) < 4.78 is 13.3. The van der Waals surface area contributed by atoms with Crippen LogP contribution in [-0.2, 0) is 4.79 Å². The third-order valence-electron chi connectivity index (χ3n) is 1.83. The number of hydrogen-bond acceptors (Lipinski definition) is 2. The summed E-state index contributed by atoms with van der Waals surface area (Å²) in [6.45, 7) is 0. The number of amides is 1. The van der Waals surface area contributed by atoms with Gasteiger partial charge in [0.05, 0.1) is 15.6 Å². The number of carbonyl (C=O) groups is 2. The third kappa shape index (κ3) is 2.95. The maximum atomic E-state index is 13.3. The number of nitrogens with two attached hydrogens (primary N) is 1. The van der Waals surface area contributed by atoms with E-state index in [1.807, 2.05) is 0 Å². The quantitative estimate of drug-likeness (QED) is 0.657. The van der Waals surface area contributed by atoms with Gasteiger partial charge in [-0.05, 0) is 12.1 Å². The van der Waals surface area contributed by atoms with Crippen LogP contribution in [0.2, 0.25) is 10.0 Å². The Hall–Kier alpha value is -1.59. The van der Waals surface area contributed by atoms with E-state index >= 15 is 0 Å². The maximum absolute atomic E-state index is 13.3. The minimum absolute atomic E-state index is 0.107. The predicted octanol–water partition coefficient (Wildman–Crippen LogP) is 2.33. The molecule has 1 amide bonds. The van der Waals surface area contributed by atoms with Crippen molar-refractivity contribution >= 4 is 41.2 Å². The molecule has 1 aromatic rings. The molecular formula is C10H6Cl2FNO3. The molecule has 0 atom stereocenters. The Labute approximate surface area is 105 Å². The van der Waals surface area contributed by atoms with Crippen molar-refractivity contribution in [1.29, 1.82) is 0 Å². The van der Waals surface area contributed by atoms with Crippen LogP contribution in [0.15, 0.2) is 12.1 Å². The van der Waals surface area contributed by atoms with Crippen LogP contribution in [0.5, 0.6) is 0 Å². The summed E-state index contributed by atoms with van der Waals surface area (Å²) in [6.07, 6.45) is 1.96. The first-order chi connectivity index (χ1) is 7.84. The van der Waals surface area contributed by atoms with E-state index < -0.39 is 23.3 Å². The summed E-state index contributed by atoms with van der Waals surface area (Å²) in [6, 6.07) is 0.703. The first-order valence-corrected chi connectivity index (χ1v) is 4.98. The molecule has 0 saturated carbocycles. The largest absolute Gasteiger partial charge is 0.478 e. The summed E-state index contributed by atoms with van der Waals surface area (Å²) in [5.41, 5.74) is 4.30. The average Bonchev–Trinajstić information content (AvgIpc) is 2.22. The minimum atomic E-state index is -1.40. The van der Waals surface area contributed by atoms with Crippen LogP contribution in [0.1, 0.15) is 15.9 Å². The van der Waals surface area contributed by atoms with Gasteiger partial charge >= 0.3 is 5.97 Å². The van der Waals surface area contributed by atoms with Gasteiger partial charge in [-0.25, -0.2) is 9.18 Å². The molecule has 0 aliphatic carbocycles. The smallest absolute Gasteiger partial charge is 0.337 e. The van der Waals surface area contributed by atoms with Gasteiger partial charge in [0.2, 0.25) is 5.91 Å². The SMILES string of the molecule is NC(=O)/C=C/c1c(Cl)c(F)cc(C(=O)O)c1Cl. The third-order valence-corrected chi connectivity index (χ3v) is 2.63. The highest BCUT2D eigenvalue weighted by Crippen LogP contribution is 2.31. The molecular weight excluding hydrogens is 272 g/mol. The van der Waals surface area contributed by atoms with Gasteiger partial charge in [-0.2, -0.15) is 0 Å². The first kappa shape index (κ1) is 13.5. The number of benzene rings is 1. The number of primary amides is 1. The highest BCUT2D eigenvalue weighted by Gasteiger charge is 2.18. The molecule has 4 nitrogen and oxygen atoms in total. The molecule has 90 valence electrons. The Balaban J connectivity index is 3.47. The number of carboxylic acids is 1. The van der Waals surface area contributed by atoms with Crippen molar-refractivity contribution in [2.45, 2.75) is 0 Å². The second-order valence-corrected chi connectivity index (χ2v) is 3.74. The van der Waals surface area contributed by atoms with E-state index in [2.05, 4.69) is 0 Å². The van der Waals surface area contributed by atoms with Crippen molar-refractivity contribution in [2.75, 3.05) is 0 Å². The molecule has 1 aromatic carbocycles. The molecule has 1 rings (SSSR count). The molecule has 0 fully saturated rings. The van der Waals surface area contributed by atoms with E-state index in [1.165, 1.54) is 0 Å². The minimum Gasteiger partial charge on any atom is -0.478 e. The van der Waals surface area contributed by atoms with Gasteiger partial charge in [-0.1, -0.05) is 23.2 Å². The molecule has 0 heterocycles. The molecule has 0 bridgehead atoms. The summed E-state index contributed by atoms with van der Waals surface area (Å²) in [4.78, 5) is 21.3. The van der Waals surface area contributed by atoms with Crippen molar-refractivity contribution in [2.24, 2.45) is 5.73 Å². The summed E-state index contributed by atoms with van der Waals surface area (Å²) >= 11 is 11.3. The zero-order valence-corrected chi connectivity index (χ0v) is 9.72. The van der Waals surface area contributed by atoms with Gasteiger partial charge in [0.15, 0.2) is 0 Å². The van der Waals surface area contributed by atoms with E-state index in [9.17, 15) is 14.0 Å². The first-order valence-electron chi connectivity index (χ1n) is 4.23. The lowest BCUT2D eigenvalue weighted by atomic mass is 10.1. The standard InChI is InChI=1S/C10H6Cl2FNO3/c11-8-4(1-2-7(14)15)9(12)6(13)3-5(8)10(16)17/h1-3H,(H2,14,15)(H,16,17)/b2-1+. The Morgan fingerprint density at radius 2 is 1.94 bits per heavy atom.